The number of hydrogen-bond donors (Lipinski definition) is 1. The molecule has 1 aromatic heterocycles. The summed E-state index contributed by atoms with van der Waals surface area (Å²) in [6.07, 6.45) is 4.36. The molecule has 78 valence electrons. The van der Waals surface area contributed by atoms with Crippen molar-refractivity contribution in [1.29, 1.82) is 0 Å². The van der Waals surface area contributed by atoms with E-state index >= 15 is 0 Å². The molecule has 0 saturated heterocycles. The second-order valence-electron chi connectivity index (χ2n) is 4.04. The highest BCUT2D eigenvalue weighted by molar-refractivity contribution is 6.14. The van der Waals surface area contributed by atoms with Gasteiger partial charge >= 0.3 is 0 Å². The first-order chi connectivity index (χ1) is 7.24. The van der Waals surface area contributed by atoms with Gasteiger partial charge in [-0.25, -0.2) is 0 Å². The van der Waals surface area contributed by atoms with Crippen molar-refractivity contribution >= 4 is 17.8 Å². The smallest absolute Gasteiger partial charge is 0.265 e. The van der Waals surface area contributed by atoms with Gasteiger partial charge in [0.2, 0.25) is 11.9 Å². The summed E-state index contributed by atoms with van der Waals surface area (Å²) in [4.78, 5) is 27.8. The molecule has 1 N–H and O–H groups in total. The maximum Gasteiger partial charge on any atom is 0.265 e. The quantitative estimate of drug-likeness (QED) is 0.624. The number of rotatable bonds is 0. The average Bonchev–Trinajstić information content (AvgIpc) is 2.83. The molecule has 15 heavy (non-hydrogen) atoms. The van der Waals surface area contributed by atoms with Crippen LogP contribution in [0.15, 0.2) is 6.33 Å². The van der Waals surface area contributed by atoms with Crippen molar-refractivity contribution in [3.8, 4) is 0 Å². The zero-order valence-electron chi connectivity index (χ0n) is 8.06. The Labute approximate surface area is 85.7 Å². The topological polar surface area (TPSA) is 76.9 Å². The minimum atomic E-state index is -0.874. The number of carbonyl (C=O) groups excluding carboxylic acids is 2. The lowest BCUT2D eigenvalue weighted by molar-refractivity contribution is -0.123. The van der Waals surface area contributed by atoms with Crippen molar-refractivity contribution in [3.63, 3.8) is 0 Å². The first kappa shape index (κ1) is 8.58. The highest BCUT2D eigenvalue weighted by Gasteiger charge is 2.52. The van der Waals surface area contributed by atoms with Crippen molar-refractivity contribution in [2.45, 2.75) is 25.7 Å². The minimum Gasteiger partial charge on any atom is -0.293 e. The van der Waals surface area contributed by atoms with Crippen LogP contribution >= 0.6 is 0 Å². The molecule has 0 bridgehead atoms. The van der Waals surface area contributed by atoms with Crippen LogP contribution in [0.4, 0.5) is 5.95 Å². The molecule has 2 aliphatic rings. The molecule has 1 aliphatic carbocycles. The maximum atomic E-state index is 12.1. The van der Waals surface area contributed by atoms with Crippen LogP contribution in [-0.4, -0.2) is 26.6 Å². The van der Waals surface area contributed by atoms with E-state index in [1.54, 1.807) is 0 Å². The normalized spacial score (nSPS) is 22.9. The first-order valence-corrected chi connectivity index (χ1v) is 5.00. The van der Waals surface area contributed by atoms with Gasteiger partial charge < -0.3 is 0 Å². The minimum absolute atomic E-state index is 0.217. The van der Waals surface area contributed by atoms with Crippen LogP contribution in [0.5, 0.6) is 0 Å². The fourth-order valence-corrected chi connectivity index (χ4v) is 2.42. The summed E-state index contributed by atoms with van der Waals surface area (Å²) in [5, 5.41) is 6.47. The summed E-state index contributed by atoms with van der Waals surface area (Å²) in [6, 6.07) is 0. The SMILES string of the molecule is O=C1Nc2ncnn2C(=O)C12CCCC2. The second-order valence-corrected chi connectivity index (χ2v) is 4.04. The van der Waals surface area contributed by atoms with Gasteiger partial charge in [0.1, 0.15) is 11.7 Å². The average molecular weight is 206 g/mol. The van der Waals surface area contributed by atoms with E-state index in [-0.39, 0.29) is 17.8 Å². The standard InChI is InChI=1S/C9H10N4O2/c14-6-9(3-1-2-4-9)7(15)13-8(12-6)10-5-11-13/h5H,1-4H2,(H,10,11,12,14). The van der Waals surface area contributed by atoms with Crippen molar-refractivity contribution in [2.24, 2.45) is 5.41 Å². The Morgan fingerprint density at radius 3 is 2.80 bits per heavy atom. The number of nitrogens with one attached hydrogen (secondary N) is 1. The van der Waals surface area contributed by atoms with Gasteiger partial charge in [-0.3, -0.25) is 14.9 Å². The molecule has 1 aliphatic heterocycles. The van der Waals surface area contributed by atoms with E-state index in [2.05, 4.69) is 15.4 Å². The lowest BCUT2D eigenvalue weighted by Gasteiger charge is -2.29. The third-order valence-corrected chi connectivity index (χ3v) is 3.27. The number of hydrogen-bond acceptors (Lipinski definition) is 4. The molecule has 0 radical (unpaired) electrons. The van der Waals surface area contributed by atoms with Gasteiger partial charge in [0, 0.05) is 0 Å². The van der Waals surface area contributed by atoms with Gasteiger partial charge in [-0.05, 0) is 12.8 Å². The summed E-state index contributed by atoms with van der Waals surface area (Å²) in [7, 11) is 0. The molecular weight excluding hydrogens is 196 g/mol. The largest absolute Gasteiger partial charge is 0.293 e. The first-order valence-electron chi connectivity index (χ1n) is 5.00. The van der Waals surface area contributed by atoms with Crippen LogP contribution < -0.4 is 5.32 Å². The fraction of sp³-hybridized carbons (Fsp3) is 0.556. The van der Waals surface area contributed by atoms with E-state index in [1.165, 1.54) is 11.0 Å². The zero-order chi connectivity index (χ0) is 10.5. The van der Waals surface area contributed by atoms with E-state index in [0.29, 0.717) is 12.8 Å². The van der Waals surface area contributed by atoms with Crippen LogP contribution in [0.1, 0.15) is 30.5 Å². The third-order valence-electron chi connectivity index (χ3n) is 3.27. The number of anilines is 1. The number of aromatic nitrogens is 3. The maximum absolute atomic E-state index is 12.1. The van der Waals surface area contributed by atoms with Gasteiger partial charge in [0.15, 0.2) is 0 Å². The van der Waals surface area contributed by atoms with Crippen molar-refractivity contribution in [3.05, 3.63) is 6.33 Å². The van der Waals surface area contributed by atoms with E-state index < -0.39 is 5.41 Å². The van der Waals surface area contributed by atoms with Crippen molar-refractivity contribution in [2.75, 3.05) is 5.32 Å². The molecule has 0 aromatic carbocycles. The molecular formula is C9H10N4O2. The van der Waals surface area contributed by atoms with Crippen molar-refractivity contribution < 1.29 is 9.59 Å². The predicted octanol–water partition coefficient (Wildman–Crippen LogP) is 0.431. The highest BCUT2D eigenvalue weighted by atomic mass is 16.2. The highest BCUT2D eigenvalue weighted by Crippen LogP contribution is 2.42. The van der Waals surface area contributed by atoms with Crippen molar-refractivity contribution in [1.82, 2.24) is 14.8 Å². The van der Waals surface area contributed by atoms with Crippen LogP contribution in [0, 0.1) is 5.41 Å². The Balaban J connectivity index is 2.13. The molecule has 1 fully saturated rings. The molecule has 6 heteroatoms. The molecule has 1 aromatic rings. The van der Waals surface area contributed by atoms with Gasteiger partial charge in [0.05, 0.1) is 0 Å². The van der Waals surface area contributed by atoms with Crippen LogP contribution in [-0.2, 0) is 4.79 Å². The summed E-state index contributed by atoms with van der Waals surface area (Å²) >= 11 is 0. The Bertz CT molecular complexity index is 445. The van der Waals surface area contributed by atoms with Crippen LogP contribution in [0.2, 0.25) is 0 Å². The number of amides is 1. The molecule has 2 heterocycles. The Morgan fingerprint density at radius 1 is 1.33 bits per heavy atom. The van der Waals surface area contributed by atoms with E-state index in [1.807, 2.05) is 0 Å². The molecule has 0 unspecified atom stereocenters. The lowest BCUT2D eigenvalue weighted by Crippen LogP contribution is -2.48. The number of nitrogens with zero attached hydrogens (tertiary/aromatic N) is 3. The second kappa shape index (κ2) is 2.65. The molecule has 3 rings (SSSR count). The fourth-order valence-electron chi connectivity index (χ4n) is 2.42. The Kier molecular flexibility index (Phi) is 1.52. The summed E-state index contributed by atoms with van der Waals surface area (Å²) < 4.78 is 1.20. The van der Waals surface area contributed by atoms with E-state index in [0.717, 1.165) is 12.8 Å². The van der Waals surface area contributed by atoms with Gasteiger partial charge in [-0.1, -0.05) is 12.8 Å². The van der Waals surface area contributed by atoms with Gasteiger partial charge in [-0.15, -0.1) is 0 Å². The number of carbonyl (C=O) groups is 2. The zero-order valence-corrected chi connectivity index (χ0v) is 8.06. The number of fused-ring (bicyclic) bond motifs is 1. The Morgan fingerprint density at radius 2 is 2.07 bits per heavy atom. The summed E-state index contributed by atoms with van der Waals surface area (Å²) in [5.74, 6) is -0.204. The molecule has 6 nitrogen and oxygen atoms in total. The van der Waals surface area contributed by atoms with Gasteiger partial charge in [0.25, 0.3) is 5.91 Å². The summed E-state index contributed by atoms with van der Waals surface area (Å²) in [5.41, 5.74) is -0.874. The summed E-state index contributed by atoms with van der Waals surface area (Å²) in [6.45, 7) is 0. The Hall–Kier alpha value is -1.72. The monoisotopic (exact) mass is 206 g/mol. The molecule has 1 spiro atoms. The predicted molar refractivity (Wildman–Crippen MR) is 50.2 cm³/mol. The molecule has 1 saturated carbocycles. The van der Waals surface area contributed by atoms with Crippen LogP contribution in [0.25, 0.3) is 0 Å². The van der Waals surface area contributed by atoms with Crippen LogP contribution in [0.3, 0.4) is 0 Å². The van der Waals surface area contributed by atoms with Gasteiger partial charge in [-0.2, -0.15) is 14.8 Å². The third kappa shape index (κ3) is 0.934. The van der Waals surface area contributed by atoms with E-state index in [9.17, 15) is 9.59 Å². The lowest BCUT2D eigenvalue weighted by atomic mass is 9.83. The van der Waals surface area contributed by atoms with E-state index in [4.69, 9.17) is 0 Å². The molecule has 1 amide bonds. The molecule has 0 atom stereocenters.